The molecule has 1 aromatic rings. The first kappa shape index (κ1) is 19.9. The number of halogens is 3. The zero-order valence-corrected chi connectivity index (χ0v) is 14.6. The Morgan fingerprint density at radius 2 is 1.82 bits per heavy atom. The molecule has 28 heavy (non-hydrogen) atoms. The zero-order chi connectivity index (χ0) is 20.9. The van der Waals surface area contributed by atoms with Gasteiger partial charge in [-0.2, -0.15) is 21.6 Å². The number of nitrogens with zero attached hydrogens (tertiary/aromatic N) is 1. The van der Waals surface area contributed by atoms with E-state index >= 15 is 0 Å². The number of nitrogens with one attached hydrogen (secondary N) is 1. The van der Waals surface area contributed by atoms with Gasteiger partial charge in [-0.25, -0.2) is 0 Å². The van der Waals surface area contributed by atoms with Gasteiger partial charge in [-0.15, -0.1) is 0 Å². The van der Waals surface area contributed by atoms with Crippen LogP contribution in [-0.4, -0.2) is 48.5 Å². The summed E-state index contributed by atoms with van der Waals surface area (Å²) in [6.45, 7) is -1.13. The third-order valence-electron chi connectivity index (χ3n) is 4.21. The fourth-order valence-corrected chi connectivity index (χ4v) is 3.33. The molecule has 1 saturated heterocycles. The SMILES string of the molecule is O=C1CCC(N2C(=O)c3cccc(COS(=O)(=O)C(F)(F)F)c3C2=O)C(=O)N1. The normalized spacial score (nSPS) is 20.4. The van der Waals surface area contributed by atoms with Gasteiger partial charge in [-0.05, 0) is 18.1 Å². The second-order valence-corrected chi connectivity index (χ2v) is 7.56. The Balaban J connectivity index is 1.91. The van der Waals surface area contributed by atoms with E-state index < -0.39 is 51.9 Å². The van der Waals surface area contributed by atoms with Gasteiger partial charge in [0.1, 0.15) is 6.04 Å². The van der Waals surface area contributed by atoms with Crippen molar-refractivity contribution in [3.8, 4) is 0 Å². The van der Waals surface area contributed by atoms with Gasteiger partial charge in [0.05, 0.1) is 17.7 Å². The molecule has 0 aliphatic carbocycles. The topological polar surface area (TPSA) is 127 Å². The van der Waals surface area contributed by atoms with Crippen molar-refractivity contribution < 1.29 is 45.0 Å². The van der Waals surface area contributed by atoms with Gasteiger partial charge < -0.3 is 0 Å². The first-order chi connectivity index (χ1) is 12.9. The van der Waals surface area contributed by atoms with Crippen LogP contribution in [0, 0.1) is 0 Å². The van der Waals surface area contributed by atoms with Crippen molar-refractivity contribution in [3.05, 3.63) is 34.9 Å². The molecule has 9 nitrogen and oxygen atoms in total. The minimum absolute atomic E-state index is 0.107. The highest BCUT2D eigenvalue weighted by molar-refractivity contribution is 7.87. The molecule has 2 heterocycles. The van der Waals surface area contributed by atoms with E-state index in [0.29, 0.717) is 4.90 Å². The first-order valence-electron chi connectivity index (χ1n) is 7.73. The summed E-state index contributed by atoms with van der Waals surface area (Å²) in [5.74, 6) is -3.29. The molecule has 0 saturated carbocycles. The first-order valence-corrected chi connectivity index (χ1v) is 9.14. The maximum Gasteiger partial charge on any atom is 0.523 e. The molecule has 150 valence electrons. The second kappa shape index (κ2) is 6.67. The van der Waals surface area contributed by atoms with Crippen molar-refractivity contribution in [1.29, 1.82) is 0 Å². The number of piperidine rings is 1. The minimum Gasteiger partial charge on any atom is -0.295 e. The van der Waals surface area contributed by atoms with Crippen molar-refractivity contribution in [2.75, 3.05) is 0 Å². The summed E-state index contributed by atoms with van der Waals surface area (Å²) in [6.07, 6.45) is -0.214. The van der Waals surface area contributed by atoms with E-state index in [0.717, 1.165) is 6.07 Å². The van der Waals surface area contributed by atoms with Crippen LogP contribution in [0.15, 0.2) is 18.2 Å². The summed E-state index contributed by atoms with van der Waals surface area (Å²) in [7, 11) is -5.90. The lowest BCUT2D eigenvalue weighted by Crippen LogP contribution is -2.54. The summed E-state index contributed by atoms with van der Waals surface area (Å²) in [4.78, 5) is 49.1. The number of rotatable bonds is 4. The van der Waals surface area contributed by atoms with Crippen LogP contribution in [0.25, 0.3) is 0 Å². The molecule has 1 N–H and O–H groups in total. The molecular formula is C15H11F3N2O7S. The lowest BCUT2D eigenvalue weighted by Gasteiger charge is -2.27. The second-order valence-electron chi connectivity index (χ2n) is 5.95. The Labute approximate surface area is 155 Å². The van der Waals surface area contributed by atoms with Crippen LogP contribution < -0.4 is 5.32 Å². The third kappa shape index (κ3) is 3.26. The van der Waals surface area contributed by atoms with Gasteiger partial charge in [0.15, 0.2) is 0 Å². The van der Waals surface area contributed by atoms with Crippen LogP contribution in [-0.2, 0) is 30.5 Å². The highest BCUT2D eigenvalue weighted by Crippen LogP contribution is 2.31. The molecule has 2 aliphatic heterocycles. The fourth-order valence-electron chi connectivity index (χ4n) is 2.91. The lowest BCUT2D eigenvalue weighted by atomic mass is 10.0. The third-order valence-corrected chi connectivity index (χ3v) is 5.20. The molecule has 13 heteroatoms. The standard InChI is InChI=1S/C15H11F3N2O7S/c16-15(17,18)28(25,26)27-6-7-2-1-3-8-11(7)14(24)20(13(8)23)9-4-5-10(21)19-12(9)22/h1-3,9H,4-6H2,(H,19,21,22). The molecule has 0 aromatic heterocycles. The molecule has 0 spiro atoms. The molecule has 1 atom stereocenters. The minimum atomic E-state index is -5.90. The van der Waals surface area contributed by atoms with E-state index in [1.165, 1.54) is 12.1 Å². The van der Waals surface area contributed by atoms with Crippen LogP contribution >= 0.6 is 0 Å². The molecule has 1 aromatic carbocycles. The molecule has 0 radical (unpaired) electrons. The summed E-state index contributed by atoms with van der Waals surface area (Å²) in [5, 5.41) is 2.00. The number of carbonyl (C=O) groups excluding carboxylic acids is 4. The Hall–Kier alpha value is -2.80. The van der Waals surface area contributed by atoms with Crippen LogP contribution in [0.3, 0.4) is 0 Å². The molecule has 0 bridgehead atoms. The predicted octanol–water partition coefficient (Wildman–Crippen LogP) is 0.454. The van der Waals surface area contributed by atoms with Crippen molar-refractivity contribution in [2.24, 2.45) is 0 Å². The van der Waals surface area contributed by atoms with E-state index in [2.05, 4.69) is 4.18 Å². The number of imide groups is 2. The van der Waals surface area contributed by atoms with E-state index in [9.17, 15) is 40.8 Å². The Morgan fingerprint density at radius 3 is 2.43 bits per heavy atom. The number of benzene rings is 1. The van der Waals surface area contributed by atoms with Crippen LogP contribution in [0.4, 0.5) is 13.2 Å². The van der Waals surface area contributed by atoms with Gasteiger partial charge >= 0.3 is 15.6 Å². The molecular weight excluding hydrogens is 409 g/mol. The van der Waals surface area contributed by atoms with E-state index in [1.54, 1.807) is 0 Å². The quantitative estimate of drug-likeness (QED) is 0.426. The van der Waals surface area contributed by atoms with Gasteiger partial charge in [0.2, 0.25) is 11.8 Å². The highest BCUT2D eigenvalue weighted by atomic mass is 32.2. The maximum absolute atomic E-state index is 12.7. The van der Waals surface area contributed by atoms with Crippen LogP contribution in [0.1, 0.15) is 39.1 Å². The summed E-state index contributed by atoms with van der Waals surface area (Å²) in [6, 6.07) is 2.31. The molecule has 1 unspecified atom stereocenters. The molecule has 3 rings (SSSR count). The Morgan fingerprint density at radius 1 is 1.14 bits per heavy atom. The Kier molecular flexibility index (Phi) is 4.75. The highest BCUT2D eigenvalue weighted by Gasteiger charge is 2.48. The van der Waals surface area contributed by atoms with Crippen molar-refractivity contribution >= 4 is 33.7 Å². The number of fused-ring (bicyclic) bond motifs is 1. The average Bonchev–Trinajstić information content (AvgIpc) is 2.84. The van der Waals surface area contributed by atoms with E-state index in [-0.39, 0.29) is 29.5 Å². The summed E-state index contributed by atoms with van der Waals surface area (Å²) in [5.41, 5.74) is -6.47. The molecule has 1 fully saturated rings. The summed E-state index contributed by atoms with van der Waals surface area (Å²) < 4.78 is 63.3. The monoisotopic (exact) mass is 420 g/mol. The van der Waals surface area contributed by atoms with E-state index in [1.807, 2.05) is 5.32 Å². The smallest absolute Gasteiger partial charge is 0.295 e. The Bertz CT molecular complexity index is 1000. The largest absolute Gasteiger partial charge is 0.523 e. The predicted molar refractivity (Wildman–Crippen MR) is 82.9 cm³/mol. The van der Waals surface area contributed by atoms with Gasteiger partial charge in [-0.3, -0.25) is 33.6 Å². The van der Waals surface area contributed by atoms with Crippen LogP contribution in [0.2, 0.25) is 0 Å². The number of amides is 4. The lowest BCUT2D eigenvalue weighted by molar-refractivity contribution is -0.136. The fraction of sp³-hybridized carbons (Fsp3) is 0.333. The van der Waals surface area contributed by atoms with Gasteiger partial charge in [0.25, 0.3) is 11.8 Å². The number of hydrogen-bond acceptors (Lipinski definition) is 7. The molecule has 2 aliphatic rings. The van der Waals surface area contributed by atoms with E-state index in [4.69, 9.17) is 0 Å². The average molecular weight is 420 g/mol. The zero-order valence-electron chi connectivity index (χ0n) is 13.8. The number of carbonyl (C=O) groups is 4. The number of alkyl halides is 3. The van der Waals surface area contributed by atoms with Crippen LogP contribution in [0.5, 0.6) is 0 Å². The van der Waals surface area contributed by atoms with Gasteiger partial charge in [-0.1, -0.05) is 12.1 Å². The van der Waals surface area contributed by atoms with Crippen molar-refractivity contribution in [3.63, 3.8) is 0 Å². The van der Waals surface area contributed by atoms with Gasteiger partial charge in [0, 0.05) is 6.42 Å². The molecule has 4 amide bonds. The maximum atomic E-state index is 12.7. The summed E-state index contributed by atoms with van der Waals surface area (Å²) >= 11 is 0. The van der Waals surface area contributed by atoms with Crippen molar-refractivity contribution in [1.82, 2.24) is 10.2 Å². The van der Waals surface area contributed by atoms with Crippen molar-refractivity contribution in [2.45, 2.75) is 31.0 Å². The number of hydrogen-bond donors (Lipinski definition) is 1.